The van der Waals surface area contributed by atoms with Gasteiger partial charge in [0.1, 0.15) is 5.54 Å². The topological polar surface area (TPSA) is 59.3 Å². The van der Waals surface area contributed by atoms with E-state index in [1.807, 2.05) is 12.1 Å². The van der Waals surface area contributed by atoms with E-state index in [9.17, 15) is 14.7 Å². The lowest BCUT2D eigenvalue weighted by Crippen LogP contribution is -2.42. The van der Waals surface area contributed by atoms with Crippen LogP contribution in [0.25, 0.3) is 10.8 Å². The largest absolute Gasteiger partial charge is 0.480 e. The minimum absolute atomic E-state index is 0.271. The number of nitrogens with zero attached hydrogens (tertiary/aromatic N) is 1. The van der Waals surface area contributed by atoms with E-state index in [2.05, 4.69) is 6.92 Å². The number of pyridine rings is 1. The quantitative estimate of drug-likeness (QED) is 0.920. The fraction of sp³-hybridized carbons (Fsp3) is 0.333. The molecule has 0 aliphatic rings. The second-order valence-electron chi connectivity index (χ2n) is 5.13. The molecule has 0 radical (unpaired) electrons. The number of rotatable bonds is 3. The molecule has 1 aromatic carbocycles. The van der Waals surface area contributed by atoms with Crippen molar-refractivity contribution < 1.29 is 9.90 Å². The Morgan fingerprint density at radius 2 is 2.00 bits per heavy atom. The molecule has 0 saturated heterocycles. The Bertz CT molecular complexity index is 698. The van der Waals surface area contributed by atoms with Gasteiger partial charge in [0.15, 0.2) is 0 Å². The number of aryl methyl sites for hydroxylation is 1. The second-order valence-corrected chi connectivity index (χ2v) is 5.13. The molecular formula is C15H17NO3. The van der Waals surface area contributed by atoms with Crippen molar-refractivity contribution in [3.05, 3.63) is 46.4 Å². The molecule has 0 spiro atoms. The van der Waals surface area contributed by atoms with E-state index in [1.54, 1.807) is 18.3 Å². The SMILES string of the molecule is CCc1ccc2c(=O)n(C(C)(C)C(=O)O)ccc2c1. The standard InChI is InChI=1S/C15H17NO3/c1-4-10-5-6-12-11(9-10)7-8-16(13(12)17)15(2,3)14(18)19/h5-9H,4H2,1-3H3,(H,18,19). The highest BCUT2D eigenvalue weighted by Gasteiger charge is 2.30. The lowest BCUT2D eigenvalue weighted by Gasteiger charge is -2.22. The molecule has 0 unspecified atom stereocenters. The first-order valence-corrected chi connectivity index (χ1v) is 6.26. The molecule has 0 aliphatic carbocycles. The number of hydrogen-bond acceptors (Lipinski definition) is 2. The summed E-state index contributed by atoms with van der Waals surface area (Å²) in [6.45, 7) is 5.09. The first kappa shape index (κ1) is 13.3. The number of carbonyl (C=O) groups is 1. The summed E-state index contributed by atoms with van der Waals surface area (Å²) in [5.41, 5.74) is -0.371. The van der Waals surface area contributed by atoms with Gasteiger partial charge in [-0.05, 0) is 43.4 Å². The van der Waals surface area contributed by atoms with Crippen LogP contribution in [0, 0.1) is 0 Å². The lowest BCUT2D eigenvalue weighted by molar-refractivity contribution is -0.145. The van der Waals surface area contributed by atoms with Crippen LogP contribution in [0.4, 0.5) is 0 Å². The highest BCUT2D eigenvalue weighted by Crippen LogP contribution is 2.17. The summed E-state index contributed by atoms with van der Waals surface area (Å²) >= 11 is 0. The highest BCUT2D eigenvalue weighted by molar-refractivity contribution is 5.83. The highest BCUT2D eigenvalue weighted by atomic mass is 16.4. The van der Waals surface area contributed by atoms with Crippen LogP contribution >= 0.6 is 0 Å². The first-order chi connectivity index (χ1) is 8.87. The molecule has 2 rings (SSSR count). The Hall–Kier alpha value is -2.10. The van der Waals surface area contributed by atoms with E-state index in [1.165, 1.54) is 18.4 Å². The van der Waals surface area contributed by atoms with E-state index in [0.29, 0.717) is 5.39 Å². The number of carboxylic acid groups (broad SMARTS) is 1. The van der Waals surface area contributed by atoms with E-state index in [4.69, 9.17) is 0 Å². The maximum absolute atomic E-state index is 12.4. The van der Waals surface area contributed by atoms with Crippen LogP contribution in [0.15, 0.2) is 35.3 Å². The van der Waals surface area contributed by atoms with Gasteiger partial charge in [-0.15, -0.1) is 0 Å². The van der Waals surface area contributed by atoms with Crippen molar-refractivity contribution in [3.8, 4) is 0 Å². The predicted molar refractivity (Wildman–Crippen MR) is 74.5 cm³/mol. The third kappa shape index (κ3) is 2.14. The molecule has 100 valence electrons. The average molecular weight is 259 g/mol. The monoisotopic (exact) mass is 259 g/mol. The maximum Gasteiger partial charge on any atom is 0.329 e. The van der Waals surface area contributed by atoms with Gasteiger partial charge in [-0.2, -0.15) is 0 Å². The third-order valence-electron chi connectivity index (χ3n) is 3.50. The fourth-order valence-electron chi connectivity index (χ4n) is 2.06. The van der Waals surface area contributed by atoms with Gasteiger partial charge >= 0.3 is 5.97 Å². The molecule has 0 aliphatic heterocycles. The van der Waals surface area contributed by atoms with Crippen molar-refractivity contribution >= 4 is 16.7 Å². The summed E-state index contributed by atoms with van der Waals surface area (Å²) in [6, 6.07) is 7.43. The van der Waals surface area contributed by atoms with Gasteiger partial charge in [0.05, 0.1) is 0 Å². The molecule has 4 heteroatoms. The number of benzene rings is 1. The normalized spacial score (nSPS) is 11.7. The van der Waals surface area contributed by atoms with E-state index in [-0.39, 0.29) is 5.56 Å². The third-order valence-corrected chi connectivity index (χ3v) is 3.50. The summed E-state index contributed by atoms with van der Waals surface area (Å²) in [5.74, 6) is -1.03. The van der Waals surface area contributed by atoms with Crippen LogP contribution in [0.2, 0.25) is 0 Å². The van der Waals surface area contributed by atoms with E-state index < -0.39 is 11.5 Å². The van der Waals surface area contributed by atoms with Crippen molar-refractivity contribution in [2.45, 2.75) is 32.7 Å². The van der Waals surface area contributed by atoms with Crippen molar-refractivity contribution in [3.63, 3.8) is 0 Å². The summed E-state index contributed by atoms with van der Waals surface area (Å²) < 4.78 is 1.27. The smallest absolute Gasteiger partial charge is 0.329 e. The van der Waals surface area contributed by atoms with Crippen LogP contribution in [-0.4, -0.2) is 15.6 Å². The number of aromatic nitrogens is 1. The molecule has 4 nitrogen and oxygen atoms in total. The molecule has 0 atom stereocenters. The van der Waals surface area contributed by atoms with Gasteiger partial charge in [-0.25, -0.2) is 4.79 Å². The summed E-state index contributed by atoms with van der Waals surface area (Å²) in [5, 5.41) is 10.6. The molecule has 19 heavy (non-hydrogen) atoms. The van der Waals surface area contributed by atoms with Crippen LogP contribution in [0.1, 0.15) is 26.3 Å². The predicted octanol–water partition coefficient (Wildman–Crippen LogP) is 2.38. The summed E-state index contributed by atoms with van der Waals surface area (Å²) in [7, 11) is 0. The number of carboxylic acids is 1. The molecule has 1 N–H and O–H groups in total. The Kier molecular flexibility index (Phi) is 3.18. The maximum atomic E-state index is 12.4. The zero-order valence-corrected chi connectivity index (χ0v) is 11.3. The van der Waals surface area contributed by atoms with Gasteiger partial charge in [-0.3, -0.25) is 9.36 Å². The molecule has 0 saturated carbocycles. The molecular weight excluding hydrogens is 242 g/mol. The van der Waals surface area contributed by atoms with Gasteiger partial charge in [0, 0.05) is 11.6 Å². The minimum atomic E-state index is -1.26. The molecule has 1 aromatic heterocycles. The number of hydrogen-bond donors (Lipinski definition) is 1. The molecule has 0 fully saturated rings. The van der Waals surface area contributed by atoms with Crippen LogP contribution in [0.5, 0.6) is 0 Å². The molecule has 0 amide bonds. The van der Waals surface area contributed by atoms with Crippen molar-refractivity contribution in [1.82, 2.24) is 4.57 Å². The fourth-order valence-corrected chi connectivity index (χ4v) is 2.06. The zero-order chi connectivity index (χ0) is 14.2. The number of fused-ring (bicyclic) bond motifs is 1. The first-order valence-electron chi connectivity index (χ1n) is 6.26. The Balaban J connectivity index is 2.72. The summed E-state index contributed by atoms with van der Waals surface area (Å²) in [6.07, 6.45) is 2.46. The van der Waals surface area contributed by atoms with E-state index in [0.717, 1.165) is 17.4 Å². The van der Waals surface area contributed by atoms with Gasteiger partial charge in [0.25, 0.3) is 5.56 Å². The molecule has 1 heterocycles. The Labute approximate surface area is 111 Å². The minimum Gasteiger partial charge on any atom is -0.480 e. The lowest BCUT2D eigenvalue weighted by atomic mass is 10.0. The average Bonchev–Trinajstić information content (AvgIpc) is 2.38. The zero-order valence-electron chi connectivity index (χ0n) is 11.3. The van der Waals surface area contributed by atoms with Crippen LogP contribution in [0.3, 0.4) is 0 Å². The van der Waals surface area contributed by atoms with Crippen molar-refractivity contribution in [2.75, 3.05) is 0 Å². The van der Waals surface area contributed by atoms with Crippen molar-refractivity contribution in [1.29, 1.82) is 0 Å². The van der Waals surface area contributed by atoms with Crippen LogP contribution in [-0.2, 0) is 16.8 Å². The van der Waals surface area contributed by atoms with Gasteiger partial charge in [0.2, 0.25) is 0 Å². The second kappa shape index (κ2) is 4.53. The Morgan fingerprint density at radius 1 is 1.32 bits per heavy atom. The van der Waals surface area contributed by atoms with Gasteiger partial charge in [-0.1, -0.05) is 19.1 Å². The van der Waals surface area contributed by atoms with Gasteiger partial charge < -0.3 is 5.11 Å². The number of aliphatic carboxylic acids is 1. The molecule has 2 aromatic rings. The van der Waals surface area contributed by atoms with Crippen molar-refractivity contribution in [2.24, 2.45) is 0 Å². The van der Waals surface area contributed by atoms with Crippen LogP contribution < -0.4 is 5.56 Å². The molecule has 0 bridgehead atoms. The Morgan fingerprint density at radius 3 is 2.58 bits per heavy atom. The summed E-state index contributed by atoms with van der Waals surface area (Å²) in [4.78, 5) is 23.6. The van der Waals surface area contributed by atoms with E-state index >= 15 is 0 Å².